The van der Waals surface area contributed by atoms with E-state index in [9.17, 15) is 18.0 Å². The Kier molecular flexibility index (Phi) is 6.66. The predicted molar refractivity (Wildman–Crippen MR) is 93.2 cm³/mol. The number of aromatic nitrogens is 3. The molecule has 2 rings (SSSR count). The first-order valence-electron chi connectivity index (χ1n) is 7.96. The molecule has 1 aromatic heterocycles. The molecule has 0 unspecified atom stereocenters. The molecule has 26 heavy (non-hydrogen) atoms. The largest absolute Gasteiger partial charge is 0.380 e. The monoisotopic (exact) mass is 383 g/mol. The fourth-order valence-corrected chi connectivity index (χ4v) is 3.39. The Bertz CT molecular complexity index is 905. The zero-order valence-electron chi connectivity index (χ0n) is 14.4. The van der Waals surface area contributed by atoms with Crippen molar-refractivity contribution in [2.75, 3.05) is 19.8 Å². The summed E-state index contributed by atoms with van der Waals surface area (Å²) in [7, 11) is -3.91. The van der Waals surface area contributed by atoms with E-state index < -0.39 is 27.7 Å². The van der Waals surface area contributed by atoms with Crippen molar-refractivity contribution in [2.45, 2.75) is 24.8 Å². The van der Waals surface area contributed by atoms with E-state index in [0.717, 1.165) is 0 Å². The van der Waals surface area contributed by atoms with Crippen LogP contribution in [0.2, 0.25) is 0 Å². The van der Waals surface area contributed by atoms with Crippen molar-refractivity contribution in [1.29, 1.82) is 0 Å². The van der Waals surface area contributed by atoms with E-state index in [0.29, 0.717) is 19.8 Å². The molecule has 4 N–H and O–H groups in total. The summed E-state index contributed by atoms with van der Waals surface area (Å²) in [6.07, 6.45) is 0. The number of ether oxygens (including phenoxy) is 1. The maximum absolute atomic E-state index is 12.5. The lowest BCUT2D eigenvalue weighted by Gasteiger charge is -2.12. The van der Waals surface area contributed by atoms with Crippen LogP contribution < -0.4 is 15.7 Å². The number of aromatic amines is 2. The second-order valence-corrected chi connectivity index (χ2v) is 7.10. The van der Waals surface area contributed by atoms with Gasteiger partial charge in [0.25, 0.3) is 5.91 Å². The summed E-state index contributed by atoms with van der Waals surface area (Å²) in [6, 6.07) is 4.89. The average molecular weight is 383 g/mol. The van der Waals surface area contributed by atoms with Crippen LogP contribution in [0.25, 0.3) is 0 Å². The SMILES string of the molecule is CCOCCNC(=O)c1cccc(S(=O)(=O)N[C@@H](C)c2n[nH]c(=O)[nH]2)c1. The molecule has 0 bridgehead atoms. The van der Waals surface area contributed by atoms with Crippen LogP contribution in [0.4, 0.5) is 0 Å². The number of sulfonamides is 1. The standard InChI is InChI=1S/C15H21N5O5S/c1-3-25-8-7-16-14(21)11-5-4-6-12(9-11)26(23,24)20-10(2)13-17-15(22)19-18-13/h4-6,9-10,20H,3,7-8H2,1-2H3,(H,16,21)(H2,17,18,19,22)/t10-/m0/s1. The van der Waals surface area contributed by atoms with Gasteiger partial charge in [0.05, 0.1) is 17.5 Å². The van der Waals surface area contributed by atoms with Crippen molar-refractivity contribution < 1.29 is 17.9 Å². The van der Waals surface area contributed by atoms with Crippen molar-refractivity contribution in [3.05, 3.63) is 46.1 Å². The van der Waals surface area contributed by atoms with E-state index in [1.54, 1.807) is 0 Å². The molecule has 142 valence electrons. The molecule has 1 atom stereocenters. The first-order chi connectivity index (χ1) is 12.3. The fraction of sp³-hybridized carbons (Fsp3) is 0.400. The summed E-state index contributed by atoms with van der Waals surface area (Å²) in [5, 5.41) is 8.51. The summed E-state index contributed by atoms with van der Waals surface area (Å²) >= 11 is 0. The molecule has 0 aliphatic heterocycles. The van der Waals surface area contributed by atoms with E-state index in [1.165, 1.54) is 31.2 Å². The van der Waals surface area contributed by atoms with Crippen LogP contribution in [0.15, 0.2) is 34.0 Å². The maximum atomic E-state index is 12.5. The molecule has 2 aromatic rings. The number of carbonyl (C=O) groups is 1. The second-order valence-electron chi connectivity index (χ2n) is 5.39. The van der Waals surface area contributed by atoms with Crippen LogP contribution >= 0.6 is 0 Å². The van der Waals surface area contributed by atoms with Gasteiger partial charge in [0.2, 0.25) is 10.0 Å². The van der Waals surface area contributed by atoms with E-state index in [1.807, 2.05) is 6.92 Å². The average Bonchev–Trinajstić information content (AvgIpc) is 3.05. The molecule has 0 saturated carbocycles. The van der Waals surface area contributed by atoms with Crippen LogP contribution in [-0.4, -0.2) is 49.3 Å². The Labute approximate surface area is 150 Å². The van der Waals surface area contributed by atoms with Crippen molar-refractivity contribution in [3.63, 3.8) is 0 Å². The lowest BCUT2D eigenvalue weighted by molar-refractivity contribution is 0.0922. The molecule has 10 nitrogen and oxygen atoms in total. The highest BCUT2D eigenvalue weighted by molar-refractivity contribution is 7.89. The van der Waals surface area contributed by atoms with Gasteiger partial charge in [0.1, 0.15) is 5.82 Å². The third-order valence-corrected chi connectivity index (χ3v) is 4.94. The summed E-state index contributed by atoms with van der Waals surface area (Å²) < 4.78 is 32.5. The third-order valence-electron chi connectivity index (χ3n) is 3.40. The Balaban J connectivity index is 2.09. The molecular formula is C15H21N5O5S. The number of nitrogens with one attached hydrogen (secondary N) is 4. The number of H-pyrrole nitrogens is 2. The highest BCUT2D eigenvalue weighted by Crippen LogP contribution is 2.15. The van der Waals surface area contributed by atoms with Crippen molar-refractivity contribution in [3.8, 4) is 0 Å². The predicted octanol–water partition coefficient (Wildman–Crippen LogP) is -0.0962. The summed E-state index contributed by atoms with van der Waals surface area (Å²) in [5.41, 5.74) is -0.318. The fourth-order valence-electron chi connectivity index (χ4n) is 2.13. The number of hydrogen-bond acceptors (Lipinski definition) is 6. The van der Waals surface area contributed by atoms with Gasteiger partial charge in [-0.05, 0) is 32.0 Å². The highest BCUT2D eigenvalue weighted by atomic mass is 32.2. The number of amides is 1. The van der Waals surface area contributed by atoms with Crippen molar-refractivity contribution >= 4 is 15.9 Å². The van der Waals surface area contributed by atoms with E-state index in [-0.39, 0.29) is 16.3 Å². The Hall–Kier alpha value is -2.50. The normalized spacial score (nSPS) is 12.7. The second kappa shape index (κ2) is 8.74. The topological polar surface area (TPSA) is 146 Å². The zero-order chi connectivity index (χ0) is 19.2. The molecule has 1 amide bonds. The van der Waals surface area contributed by atoms with Gasteiger partial charge in [-0.25, -0.2) is 23.0 Å². The van der Waals surface area contributed by atoms with Crippen LogP contribution in [0.5, 0.6) is 0 Å². The number of rotatable bonds is 9. The summed E-state index contributed by atoms with van der Waals surface area (Å²) in [5.74, 6) is -0.241. The Morgan fingerprint density at radius 2 is 2.15 bits per heavy atom. The molecule has 0 fully saturated rings. The van der Waals surface area contributed by atoms with Crippen LogP contribution in [0, 0.1) is 0 Å². The number of nitrogens with zero attached hydrogens (tertiary/aromatic N) is 1. The van der Waals surface area contributed by atoms with Crippen LogP contribution in [-0.2, 0) is 14.8 Å². The maximum Gasteiger partial charge on any atom is 0.340 e. The van der Waals surface area contributed by atoms with Gasteiger partial charge in [0.15, 0.2) is 0 Å². The Morgan fingerprint density at radius 3 is 2.81 bits per heavy atom. The van der Waals surface area contributed by atoms with Crippen LogP contribution in [0.3, 0.4) is 0 Å². The van der Waals surface area contributed by atoms with Crippen molar-refractivity contribution in [1.82, 2.24) is 25.2 Å². The minimum Gasteiger partial charge on any atom is -0.380 e. The summed E-state index contributed by atoms with van der Waals surface area (Å²) in [6.45, 7) is 4.64. The van der Waals surface area contributed by atoms with Gasteiger partial charge < -0.3 is 10.1 Å². The van der Waals surface area contributed by atoms with Gasteiger partial charge in [-0.2, -0.15) is 5.10 Å². The lowest BCUT2D eigenvalue weighted by Crippen LogP contribution is -2.29. The molecule has 0 radical (unpaired) electrons. The van der Waals surface area contributed by atoms with E-state index in [4.69, 9.17) is 4.74 Å². The molecular weight excluding hydrogens is 362 g/mol. The lowest BCUT2D eigenvalue weighted by atomic mass is 10.2. The highest BCUT2D eigenvalue weighted by Gasteiger charge is 2.21. The van der Waals surface area contributed by atoms with Crippen LogP contribution in [0.1, 0.15) is 36.1 Å². The smallest absolute Gasteiger partial charge is 0.340 e. The van der Waals surface area contributed by atoms with Gasteiger partial charge in [-0.1, -0.05) is 6.07 Å². The number of benzene rings is 1. The molecule has 0 aliphatic rings. The quantitative estimate of drug-likeness (QED) is 0.445. The molecule has 0 spiro atoms. The van der Waals surface area contributed by atoms with E-state index >= 15 is 0 Å². The minimum atomic E-state index is -3.91. The van der Waals surface area contributed by atoms with Gasteiger partial charge in [0, 0.05) is 18.7 Å². The molecule has 0 aliphatic carbocycles. The number of hydrogen-bond donors (Lipinski definition) is 4. The minimum absolute atomic E-state index is 0.0697. The summed E-state index contributed by atoms with van der Waals surface area (Å²) in [4.78, 5) is 25.5. The van der Waals surface area contributed by atoms with E-state index in [2.05, 4.69) is 25.2 Å². The third kappa shape index (κ3) is 5.25. The van der Waals surface area contributed by atoms with Crippen molar-refractivity contribution in [2.24, 2.45) is 0 Å². The molecule has 0 saturated heterocycles. The van der Waals surface area contributed by atoms with Gasteiger partial charge in [-0.3, -0.25) is 9.78 Å². The van der Waals surface area contributed by atoms with Gasteiger partial charge in [-0.15, -0.1) is 0 Å². The zero-order valence-corrected chi connectivity index (χ0v) is 15.2. The molecule has 1 heterocycles. The Morgan fingerprint density at radius 1 is 1.38 bits per heavy atom. The first kappa shape index (κ1) is 19.8. The van der Waals surface area contributed by atoms with Gasteiger partial charge >= 0.3 is 5.69 Å². The molecule has 1 aromatic carbocycles. The molecule has 11 heteroatoms. The number of carbonyl (C=O) groups excluding carboxylic acids is 1. The first-order valence-corrected chi connectivity index (χ1v) is 9.44.